The molecule has 0 spiro atoms. The summed E-state index contributed by atoms with van der Waals surface area (Å²) in [7, 11) is 0. The predicted molar refractivity (Wildman–Crippen MR) is 98.7 cm³/mol. The summed E-state index contributed by atoms with van der Waals surface area (Å²) in [5, 5.41) is 3.35. The largest absolute Gasteiger partial charge is 0.472 e. The zero-order valence-electron chi connectivity index (χ0n) is 14.0. The lowest BCUT2D eigenvalue weighted by atomic mass is 10.2. The molecule has 4 rings (SSSR count). The Morgan fingerprint density at radius 3 is 2.58 bits per heavy atom. The Bertz CT molecular complexity index is 1140. The SMILES string of the molecule is Cc1nc2ccccc2c(=O)n1-c1ccc(NC(=O)c2ccoc2)cc1. The number of amides is 1. The Morgan fingerprint density at radius 2 is 1.85 bits per heavy atom. The number of carbonyl (C=O) groups is 1. The fourth-order valence-corrected chi connectivity index (χ4v) is 2.84. The van der Waals surface area contributed by atoms with Gasteiger partial charge < -0.3 is 9.73 Å². The summed E-state index contributed by atoms with van der Waals surface area (Å²) in [6.45, 7) is 1.79. The summed E-state index contributed by atoms with van der Waals surface area (Å²) in [5.41, 5.74) is 2.31. The second kappa shape index (κ2) is 6.33. The zero-order chi connectivity index (χ0) is 18.1. The smallest absolute Gasteiger partial charge is 0.265 e. The summed E-state index contributed by atoms with van der Waals surface area (Å²) in [4.78, 5) is 29.4. The Kier molecular flexibility index (Phi) is 3.85. The van der Waals surface area contributed by atoms with Crippen LogP contribution in [0.5, 0.6) is 0 Å². The highest BCUT2D eigenvalue weighted by Gasteiger charge is 2.11. The number of rotatable bonds is 3. The number of carbonyl (C=O) groups excluding carboxylic acids is 1. The van der Waals surface area contributed by atoms with Crippen LogP contribution >= 0.6 is 0 Å². The first-order valence-electron chi connectivity index (χ1n) is 8.06. The second-order valence-corrected chi connectivity index (χ2v) is 5.83. The summed E-state index contributed by atoms with van der Waals surface area (Å²) in [6, 6.07) is 15.9. The van der Waals surface area contributed by atoms with E-state index in [4.69, 9.17) is 4.42 Å². The third-order valence-electron chi connectivity index (χ3n) is 4.11. The molecular formula is C20H15N3O3. The first kappa shape index (κ1) is 15.8. The quantitative estimate of drug-likeness (QED) is 0.616. The van der Waals surface area contributed by atoms with Gasteiger partial charge in [0.05, 0.1) is 28.4 Å². The van der Waals surface area contributed by atoms with Crippen LogP contribution in [-0.2, 0) is 0 Å². The third kappa shape index (κ3) is 2.77. The molecule has 0 saturated carbocycles. The van der Waals surface area contributed by atoms with E-state index < -0.39 is 0 Å². The highest BCUT2D eigenvalue weighted by molar-refractivity contribution is 6.04. The molecule has 0 fully saturated rings. The molecule has 4 aromatic rings. The number of aryl methyl sites for hydroxylation is 1. The minimum atomic E-state index is -0.257. The molecule has 2 aromatic carbocycles. The molecule has 26 heavy (non-hydrogen) atoms. The first-order valence-corrected chi connectivity index (χ1v) is 8.06. The van der Waals surface area contributed by atoms with Crippen molar-refractivity contribution in [3.05, 3.63) is 88.9 Å². The molecule has 6 nitrogen and oxygen atoms in total. The van der Waals surface area contributed by atoms with Crippen LogP contribution in [0.2, 0.25) is 0 Å². The maximum atomic E-state index is 12.8. The molecule has 0 atom stereocenters. The maximum Gasteiger partial charge on any atom is 0.265 e. The van der Waals surface area contributed by atoms with Crippen molar-refractivity contribution in [1.29, 1.82) is 0 Å². The molecule has 0 aliphatic carbocycles. The van der Waals surface area contributed by atoms with Crippen LogP contribution in [0.1, 0.15) is 16.2 Å². The average Bonchev–Trinajstić information content (AvgIpc) is 3.18. The monoisotopic (exact) mass is 345 g/mol. The Morgan fingerprint density at radius 1 is 1.08 bits per heavy atom. The van der Waals surface area contributed by atoms with E-state index in [0.717, 1.165) is 0 Å². The number of benzene rings is 2. The van der Waals surface area contributed by atoms with E-state index in [0.29, 0.717) is 33.7 Å². The van der Waals surface area contributed by atoms with Crippen molar-refractivity contribution in [1.82, 2.24) is 9.55 Å². The molecule has 0 unspecified atom stereocenters. The van der Waals surface area contributed by atoms with Gasteiger partial charge in [0.15, 0.2) is 0 Å². The second-order valence-electron chi connectivity index (χ2n) is 5.83. The number of furan rings is 1. The number of nitrogens with zero attached hydrogens (tertiary/aromatic N) is 2. The maximum absolute atomic E-state index is 12.8. The molecule has 2 aromatic heterocycles. The predicted octanol–water partition coefficient (Wildman–Crippen LogP) is 3.54. The van der Waals surface area contributed by atoms with Gasteiger partial charge in [-0.1, -0.05) is 12.1 Å². The summed E-state index contributed by atoms with van der Waals surface area (Å²) in [5.74, 6) is 0.344. The van der Waals surface area contributed by atoms with Crippen LogP contribution < -0.4 is 10.9 Å². The van der Waals surface area contributed by atoms with Crippen molar-refractivity contribution >= 4 is 22.5 Å². The number of fused-ring (bicyclic) bond motifs is 1. The molecule has 1 N–H and O–H groups in total. The van der Waals surface area contributed by atoms with Crippen LogP contribution in [0.4, 0.5) is 5.69 Å². The van der Waals surface area contributed by atoms with E-state index in [-0.39, 0.29) is 11.5 Å². The van der Waals surface area contributed by atoms with Crippen LogP contribution in [0.3, 0.4) is 0 Å². The molecule has 0 saturated heterocycles. The van der Waals surface area contributed by atoms with E-state index >= 15 is 0 Å². The van der Waals surface area contributed by atoms with E-state index in [1.54, 1.807) is 47.9 Å². The van der Waals surface area contributed by atoms with Gasteiger partial charge in [0.2, 0.25) is 0 Å². The van der Waals surface area contributed by atoms with Gasteiger partial charge >= 0.3 is 0 Å². The standard InChI is InChI=1S/C20H15N3O3/c1-13-21-18-5-3-2-4-17(18)20(25)23(13)16-8-6-15(7-9-16)22-19(24)14-10-11-26-12-14/h2-12H,1H3,(H,22,24). The van der Waals surface area contributed by atoms with Crippen molar-refractivity contribution in [3.63, 3.8) is 0 Å². The molecule has 1 amide bonds. The van der Waals surface area contributed by atoms with Crippen molar-refractivity contribution in [2.24, 2.45) is 0 Å². The van der Waals surface area contributed by atoms with Crippen molar-refractivity contribution in [2.45, 2.75) is 6.92 Å². The van der Waals surface area contributed by atoms with Crippen LogP contribution in [0, 0.1) is 6.92 Å². The van der Waals surface area contributed by atoms with Gasteiger partial charge in [-0.25, -0.2) is 4.98 Å². The molecule has 0 radical (unpaired) electrons. The lowest BCUT2D eigenvalue weighted by Gasteiger charge is -2.11. The Hall–Kier alpha value is -3.67. The number of hydrogen-bond acceptors (Lipinski definition) is 4. The lowest BCUT2D eigenvalue weighted by Crippen LogP contribution is -2.22. The molecule has 0 aliphatic heterocycles. The molecule has 0 aliphatic rings. The van der Waals surface area contributed by atoms with Crippen molar-refractivity contribution in [2.75, 3.05) is 5.32 Å². The minimum Gasteiger partial charge on any atom is -0.472 e. The van der Waals surface area contributed by atoms with Gasteiger partial charge in [-0.2, -0.15) is 0 Å². The van der Waals surface area contributed by atoms with Gasteiger partial charge in [0.25, 0.3) is 11.5 Å². The number of nitrogens with one attached hydrogen (secondary N) is 1. The fraction of sp³-hybridized carbons (Fsp3) is 0.0500. The third-order valence-corrected chi connectivity index (χ3v) is 4.11. The number of hydrogen-bond donors (Lipinski definition) is 1. The van der Waals surface area contributed by atoms with Gasteiger partial charge in [0.1, 0.15) is 12.1 Å². The lowest BCUT2D eigenvalue weighted by molar-refractivity contribution is 0.102. The molecule has 0 bridgehead atoms. The highest BCUT2D eigenvalue weighted by Crippen LogP contribution is 2.16. The zero-order valence-corrected chi connectivity index (χ0v) is 14.0. The van der Waals surface area contributed by atoms with E-state index in [9.17, 15) is 9.59 Å². The first-order chi connectivity index (χ1) is 12.6. The number of para-hydroxylation sites is 1. The molecule has 6 heteroatoms. The highest BCUT2D eigenvalue weighted by atomic mass is 16.3. The van der Waals surface area contributed by atoms with E-state index in [1.165, 1.54) is 12.5 Å². The molecule has 128 valence electrons. The number of anilines is 1. The van der Waals surface area contributed by atoms with Crippen molar-refractivity contribution < 1.29 is 9.21 Å². The average molecular weight is 345 g/mol. The minimum absolute atomic E-state index is 0.122. The summed E-state index contributed by atoms with van der Waals surface area (Å²) < 4.78 is 6.47. The summed E-state index contributed by atoms with van der Waals surface area (Å²) in [6.07, 6.45) is 2.83. The Labute approximate surface area is 148 Å². The van der Waals surface area contributed by atoms with Crippen LogP contribution in [0.25, 0.3) is 16.6 Å². The van der Waals surface area contributed by atoms with Crippen LogP contribution in [0.15, 0.2) is 76.3 Å². The fourth-order valence-electron chi connectivity index (χ4n) is 2.84. The van der Waals surface area contributed by atoms with Gasteiger partial charge in [-0.05, 0) is 49.4 Å². The van der Waals surface area contributed by atoms with Gasteiger partial charge in [0, 0.05) is 5.69 Å². The van der Waals surface area contributed by atoms with Gasteiger partial charge in [-0.15, -0.1) is 0 Å². The van der Waals surface area contributed by atoms with E-state index in [2.05, 4.69) is 10.3 Å². The molecular weight excluding hydrogens is 330 g/mol. The normalized spacial score (nSPS) is 10.8. The summed E-state index contributed by atoms with van der Waals surface area (Å²) >= 11 is 0. The Balaban J connectivity index is 1.68. The van der Waals surface area contributed by atoms with Gasteiger partial charge in [-0.3, -0.25) is 14.2 Å². The van der Waals surface area contributed by atoms with Crippen molar-refractivity contribution in [3.8, 4) is 5.69 Å². The molecule has 2 heterocycles. The topological polar surface area (TPSA) is 77.1 Å². The van der Waals surface area contributed by atoms with E-state index in [1.807, 2.05) is 18.2 Å². The number of aromatic nitrogens is 2. The van der Waals surface area contributed by atoms with Crippen LogP contribution in [-0.4, -0.2) is 15.5 Å².